The Bertz CT molecular complexity index is 1290. The summed E-state index contributed by atoms with van der Waals surface area (Å²) in [5, 5.41) is 11.0. The lowest BCUT2D eigenvalue weighted by atomic mass is 9.84. The Morgan fingerprint density at radius 2 is 1.70 bits per heavy atom. The predicted octanol–water partition coefficient (Wildman–Crippen LogP) is 5.33. The van der Waals surface area contributed by atoms with Gasteiger partial charge in [-0.2, -0.15) is 0 Å². The van der Waals surface area contributed by atoms with Gasteiger partial charge in [0.05, 0.1) is 6.61 Å². The number of ether oxygens (including phenoxy) is 2. The molecular weight excluding hydrogens is 502 g/mol. The highest BCUT2D eigenvalue weighted by Gasteiger charge is 2.53. The van der Waals surface area contributed by atoms with Gasteiger partial charge >= 0.3 is 0 Å². The predicted molar refractivity (Wildman–Crippen MR) is 157 cm³/mol. The summed E-state index contributed by atoms with van der Waals surface area (Å²) >= 11 is 0. The normalized spacial score (nSPS) is 21.1. The van der Waals surface area contributed by atoms with Gasteiger partial charge in [-0.15, -0.1) is 0 Å². The van der Waals surface area contributed by atoms with Crippen molar-refractivity contribution in [3.63, 3.8) is 0 Å². The maximum Gasteiger partial charge on any atom is 0.266 e. The molecule has 3 aromatic carbocycles. The number of hydrogen-bond acceptors (Lipinski definition) is 6. The van der Waals surface area contributed by atoms with Crippen LogP contribution >= 0.6 is 0 Å². The molecule has 2 N–H and O–H groups in total. The molecule has 2 aliphatic rings. The number of nitrogens with zero attached hydrogens (tertiary/aromatic N) is 2. The van der Waals surface area contributed by atoms with Crippen molar-refractivity contribution in [3.05, 3.63) is 108 Å². The fourth-order valence-corrected chi connectivity index (χ4v) is 5.13. The molecule has 1 saturated heterocycles. The fraction of sp³-hybridized carbons (Fsp3) is 0.333. The van der Waals surface area contributed by atoms with Gasteiger partial charge in [-0.3, -0.25) is 10.2 Å². The van der Waals surface area contributed by atoms with Gasteiger partial charge in [-0.1, -0.05) is 79.2 Å². The second-order valence-electron chi connectivity index (χ2n) is 10.2. The minimum absolute atomic E-state index is 0.0872. The van der Waals surface area contributed by atoms with Crippen LogP contribution in [0, 0.1) is 0 Å². The fourth-order valence-electron chi connectivity index (χ4n) is 5.13. The molecule has 0 spiro atoms. The van der Waals surface area contributed by atoms with E-state index in [1.807, 2.05) is 102 Å². The van der Waals surface area contributed by atoms with Crippen molar-refractivity contribution in [1.29, 1.82) is 0 Å². The van der Waals surface area contributed by atoms with Crippen LogP contribution < -0.4 is 10.2 Å². The average Bonchev–Trinajstić information content (AvgIpc) is 3.40. The molecule has 0 radical (unpaired) electrons. The monoisotopic (exact) mass is 539 g/mol. The Morgan fingerprint density at radius 1 is 1.00 bits per heavy atom. The van der Waals surface area contributed by atoms with E-state index in [1.165, 1.54) is 6.42 Å². The Morgan fingerprint density at radius 3 is 2.40 bits per heavy atom. The van der Waals surface area contributed by atoms with Crippen LogP contribution in [0.25, 0.3) is 6.08 Å². The van der Waals surface area contributed by atoms with Gasteiger partial charge in [0.25, 0.3) is 5.91 Å². The summed E-state index contributed by atoms with van der Waals surface area (Å²) < 4.78 is 12.3. The molecule has 1 fully saturated rings. The lowest BCUT2D eigenvalue weighted by molar-refractivity contribution is -0.134. The molecule has 3 aromatic rings. The molecule has 0 unspecified atom stereocenters. The molecule has 0 aromatic heterocycles. The van der Waals surface area contributed by atoms with Crippen LogP contribution in [0.3, 0.4) is 0 Å². The first kappa shape index (κ1) is 27.6. The van der Waals surface area contributed by atoms with E-state index in [2.05, 4.69) is 5.43 Å². The highest BCUT2D eigenvalue weighted by molar-refractivity contribution is 6.01. The van der Waals surface area contributed by atoms with Gasteiger partial charge in [-0.25, -0.2) is 10.0 Å². The summed E-state index contributed by atoms with van der Waals surface area (Å²) in [6.45, 7) is 2.18. The Kier molecular flexibility index (Phi) is 9.26. The zero-order valence-corrected chi connectivity index (χ0v) is 22.7. The second kappa shape index (κ2) is 13.4. The van der Waals surface area contributed by atoms with E-state index in [0.717, 1.165) is 42.6 Å². The number of aliphatic imine (C=N–C) groups is 1. The number of rotatable bonds is 11. The van der Waals surface area contributed by atoms with Gasteiger partial charge in [0, 0.05) is 38.1 Å². The first-order chi connectivity index (χ1) is 19.7. The number of aliphatic hydroxyl groups excluding tert-OH is 1. The highest BCUT2D eigenvalue weighted by Crippen LogP contribution is 2.43. The van der Waals surface area contributed by atoms with Crippen LogP contribution in [0.1, 0.15) is 54.9 Å². The Hall–Kier alpha value is -3.94. The van der Waals surface area contributed by atoms with Crippen LogP contribution in [0.2, 0.25) is 0 Å². The molecule has 7 heteroatoms. The largest absolute Gasteiger partial charge is 0.494 e. The van der Waals surface area contributed by atoms with Gasteiger partial charge in [0.1, 0.15) is 5.75 Å². The van der Waals surface area contributed by atoms with Gasteiger partial charge < -0.3 is 14.6 Å². The zero-order chi connectivity index (χ0) is 27.6. The Labute approximate surface area is 236 Å². The third-order valence-electron chi connectivity index (χ3n) is 7.29. The van der Waals surface area contributed by atoms with Crippen molar-refractivity contribution < 1.29 is 19.4 Å². The number of benzene rings is 3. The molecule has 2 atom stereocenters. The van der Waals surface area contributed by atoms with Gasteiger partial charge in [-0.05, 0) is 48.2 Å². The lowest BCUT2D eigenvalue weighted by Gasteiger charge is -2.34. The first-order valence-corrected chi connectivity index (χ1v) is 14.1. The third kappa shape index (κ3) is 6.61. The summed E-state index contributed by atoms with van der Waals surface area (Å²) in [6.07, 6.45) is 7.68. The molecule has 0 aliphatic carbocycles. The highest BCUT2D eigenvalue weighted by atomic mass is 16.5. The molecule has 7 nitrogen and oxygen atoms in total. The van der Waals surface area contributed by atoms with Crippen LogP contribution in [0.5, 0.6) is 5.75 Å². The number of piperidine rings is 1. The first-order valence-electron chi connectivity index (χ1n) is 14.1. The minimum atomic E-state index is -1.20. The molecule has 2 heterocycles. The Balaban J connectivity index is 1.50. The number of nitrogens with one attached hydrogen (secondary N) is 1. The molecule has 40 heavy (non-hydrogen) atoms. The molecule has 1 amide bonds. The minimum Gasteiger partial charge on any atom is -0.494 e. The summed E-state index contributed by atoms with van der Waals surface area (Å²) in [6, 6.07) is 27.4. The summed E-state index contributed by atoms with van der Waals surface area (Å²) in [5.41, 5.74) is 4.72. The SMILES string of the molecule is O=C(NN1CCCCC1)[C@@]1(C/C=C/c2ccccc2)N=C(c2ccc(OCCCO)cc2)O[C@H]1c1ccccc1. The summed E-state index contributed by atoms with van der Waals surface area (Å²) in [7, 11) is 0. The maximum atomic E-state index is 14.2. The summed E-state index contributed by atoms with van der Waals surface area (Å²) in [4.78, 5) is 19.3. The van der Waals surface area contributed by atoms with E-state index >= 15 is 0 Å². The van der Waals surface area contributed by atoms with Gasteiger partial charge in [0.2, 0.25) is 5.90 Å². The number of aliphatic hydroxyl groups is 1. The molecule has 2 aliphatic heterocycles. The van der Waals surface area contributed by atoms with Crippen LogP contribution in [0.15, 0.2) is 96.0 Å². The molecule has 0 bridgehead atoms. The van der Waals surface area contributed by atoms with E-state index < -0.39 is 11.6 Å². The number of hydrazine groups is 1. The number of hydrogen-bond donors (Lipinski definition) is 2. The van der Waals surface area contributed by atoms with Crippen molar-refractivity contribution in [2.45, 2.75) is 43.7 Å². The van der Waals surface area contributed by atoms with E-state index in [-0.39, 0.29) is 12.5 Å². The van der Waals surface area contributed by atoms with E-state index in [1.54, 1.807) is 0 Å². The molecule has 208 valence electrons. The van der Waals surface area contributed by atoms with Crippen LogP contribution in [-0.4, -0.2) is 53.8 Å². The quantitative estimate of drug-likeness (QED) is 0.322. The molecule has 0 saturated carbocycles. The number of carbonyl (C=O) groups excluding carboxylic acids is 1. The third-order valence-corrected chi connectivity index (χ3v) is 7.29. The topological polar surface area (TPSA) is 83.4 Å². The van der Waals surface area contributed by atoms with Crippen molar-refractivity contribution in [3.8, 4) is 5.75 Å². The van der Waals surface area contributed by atoms with E-state index in [9.17, 15) is 4.79 Å². The van der Waals surface area contributed by atoms with E-state index in [4.69, 9.17) is 19.6 Å². The average molecular weight is 540 g/mol. The second-order valence-corrected chi connectivity index (χ2v) is 10.2. The van der Waals surface area contributed by atoms with E-state index in [0.29, 0.717) is 31.1 Å². The van der Waals surface area contributed by atoms with Gasteiger partial charge in [0.15, 0.2) is 11.6 Å². The van der Waals surface area contributed by atoms with Crippen molar-refractivity contribution in [2.24, 2.45) is 4.99 Å². The summed E-state index contributed by atoms with van der Waals surface area (Å²) in [5.74, 6) is 0.966. The smallest absolute Gasteiger partial charge is 0.266 e. The van der Waals surface area contributed by atoms with Crippen LogP contribution in [-0.2, 0) is 9.53 Å². The lowest BCUT2D eigenvalue weighted by Crippen LogP contribution is -2.55. The number of amides is 1. The molecular formula is C33H37N3O4. The standard InChI is InChI=1S/C33H37N3O4/c37-24-11-25-39-29-19-17-28(18-20-29)31-34-33(21-10-14-26-12-4-1-5-13-26,30(40-31)27-15-6-2-7-16-27)32(38)35-36-22-8-3-9-23-36/h1-2,4-7,10,12-20,30,37H,3,8-9,11,21-25H2,(H,35,38)/b14-10+/t30-,33-/m0/s1. The number of carbonyl (C=O) groups is 1. The molecule has 5 rings (SSSR count). The zero-order valence-electron chi connectivity index (χ0n) is 22.7. The van der Waals surface area contributed by atoms with Crippen molar-refractivity contribution >= 4 is 17.9 Å². The van der Waals surface area contributed by atoms with Crippen molar-refractivity contribution in [1.82, 2.24) is 10.4 Å². The maximum absolute atomic E-state index is 14.2. The van der Waals surface area contributed by atoms with Crippen molar-refractivity contribution in [2.75, 3.05) is 26.3 Å². The van der Waals surface area contributed by atoms with Crippen LogP contribution in [0.4, 0.5) is 0 Å².